The van der Waals surface area contributed by atoms with Gasteiger partial charge in [0.25, 0.3) is 0 Å². The molecule has 1 atom stereocenters. The Balaban J connectivity index is 2.02. The summed E-state index contributed by atoms with van der Waals surface area (Å²) in [6.45, 7) is 0.925. The molecule has 5 heteroatoms. The van der Waals surface area contributed by atoms with E-state index >= 15 is 0 Å². The van der Waals surface area contributed by atoms with Gasteiger partial charge < -0.3 is 5.32 Å². The van der Waals surface area contributed by atoms with Crippen molar-refractivity contribution in [3.05, 3.63) is 39.6 Å². The van der Waals surface area contributed by atoms with Crippen LogP contribution in [-0.2, 0) is 6.42 Å². The van der Waals surface area contributed by atoms with Crippen molar-refractivity contribution in [1.29, 1.82) is 0 Å². The van der Waals surface area contributed by atoms with E-state index in [1.54, 1.807) is 29.5 Å². The Hall–Kier alpha value is -0.970. The fourth-order valence-electron chi connectivity index (χ4n) is 2.74. The number of fused-ring (bicyclic) bond motifs is 1. The van der Waals surface area contributed by atoms with E-state index in [1.807, 2.05) is 7.05 Å². The van der Waals surface area contributed by atoms with E-state index in [9.17, 15) is 4.39 Å². The summed E-state index contributed by atoms with van der Waals surface area (Å²) in [5.74, 6) is 0.0708. The first kappa shape index (κ1) is 14.0. The second-order valence-electron chi connectivity index (χ2n) is 5.08. The van der Waals surface area contributed by atoms with Crippen LogP contribution in [0.5, 0.6) is 0 Å². The second kappa shape index (κ2) is 5.80. The molecule has 1 heterocycles. The van der Waals surface area contributed by atoms with Gasteiger partial charge in [-0.05, 0) is 38.4 Å². The number of aromatic nitrogens is 1. The summed E-state index contributed by atoms with van der Waals surface area (Å²) in [5, 5.41) is 4.12. The first-order chi connectivity index (χ1) is 9.70. The highest BCUT2D eigenvalue weighted by atomic mass is 35.5. The minimum Gasteiger partial charge on any atom is -0.319 e. The molecule has 1 aromatic heterocycles. The van der Waals surface area contributed by atoms with Crippen molar-refractivity contribution in [2.24, 2.45) is 0 Å². The fourth-order valence-corrected chi connectivity index (χ4v) is 4.12. The number of likely N-dealkylation sites (N-methyl/N-ethyl adjacent to an activating group) is 1. The van der Waals surface area contributed by atoms with Crippen LogP contribution in [0.2, 0.25) is 5.02 Å². The third-order valence-corrected chi connectivity index (χ3v) is 5.16. The molecule has 0 saturated heterocycles. The van der Waals surface area contributed by atoms with Crippen molar-refractivity contribution in [2.75, 3.05) is 13.6 Å². The monoisotopic (exact) mass is 310 g/mol. The van der Waals surface area contributed by atoms with Crippen molar-refractivity contribution in [2.45, 2.75) is 25.2 Å². The van der Waals surface area contributed by atoms with Crippen LogP contribution in [0.4, 0.5) is 4.39 Å². The number of halogens is 2. The molecule has 0 bridgehead atoms. The van der Waals surface area contributed by atoms with Crippen LogP contribution in [-0.4, -0.2) is 18.6 Å². The van der Waals surface area contributed by atoms with E-state index < -0.39 is 0 Å². The Labute approximate surface area is 127 Å². The summed E-state index contributed by atoms with van der Waals surface area (Å²) in [6.07, 6.45) is 3.38. The molecule has 1 N–H and O–H groups in total. The molecule has 2 aromatic rings. The highest BCUT2D eigenvalue weighted by Crippen LogP contribution is 2.39. The molecule has 0 saturated carbocycles. The topological polar surface area (TPSA) is 24.9 Å². The smallest absolute Gasteiger partial charge is 0.152 e. The summed E-state index contributed by atoms with van der Waals surface area (Å²) in [7, 11) is 1.96. The van der Waals surface area contributed by atoms with Gasteiger partial charge in [0.05, 0.1) is 10.7 Å². The van der Waals surface area contributed by atoms with Gasteiger partial charge in [-0.15, -0.1) is 11.3 Å². The zero-order valence-electron chi connectivity index (χ0n) is 11.2. The van der Waals surface area contributed by atoms with Crippen molar-refractivity contribution >= 4 is 22.9 Å². The second-order valence-corrected chi connectivity index (χ2v) is 6.57. The van der Waals surface area contributed by atoms with Crippen LogP contribution >= 0.6 is 22.9 Å². The quantitative estimate of drug-likeness (QED) is 0.917. The molecule has 0 amide bonds. The highest BCUT2D eigenvalue weighted by molar-refractivity contribution is 7.15. The van der Waals surface area contributed by atoms with Crippen LogP contribution in [0.3, 0.4) is 0 Å². The van der Waals surface area contributed by atoms with Crippen LogP contribution in [0.15, 0.2) is 18.2 Å². The van der Waals surface area contributed by atoms with Gasteiger partial charge >= 0.3 is 0 Å². The van der Waals surface area contributed by atoms with Gasteiger partial charge in [-0.2, -0.15) is 0 Å². The van der Waals surface area contributed by atoms with Gasteiger partial charge in [0.2, 0.25) is 0 Å². The standard InChI is InChI=1S/C15H16ClFN2S/c1-18-8-9-4-2-7-12-14(9)19-15(20-12)10-5-3-6-11(16)13(10)17/h3,5-6,9,18H,2,4,7-8H2,1H3. The lowest BCUT2D eigenvalue weighted by Gasteiger charge is -2.20. The maximum Gasteiger partial charge on any atom is 0.152 e. The number of nitrogens with one attached hydrogen (secondary N) is 1. The molecule has 3 rings (SSSR count). The predicted octanol–water partition coefficient (Wildman–Crippen LogP) is 4.24. The van der Waals surface area contributed by atoms with Crippen molar-refractivity contribution in [3.63, 3.8) is 0 Å². The Morgan fingerprint density at radius 1 is 1.50 bits per heavy atom. The molecule has 1 unspecified atom stereocenters. The molecule has 1 aromatic carbocycles. The van der Waals surface area contributed by atoms with E-state index in [0.29, 0.717) is 11.5 Å². The van der Waals surface area contributed by atoms with E-state index in [0.717, 1.165) is 30.1 Å². The van der Waals surface area contributed by atoms with Gasteiger partial charge in [0.1, 0.15) is 5.01 Å². The molecule has 0 radical (unpaired) electrons. The predicted molar refractivity (Wildman–Crippen MR) is 82.1 cm³/mol. The van der Waals surface area contributed by atoms with E-state index in [4.69, 9.17) is 16.6 Å². The average Bonchev–Trinajstić information content (AvgIpc) is 2.87. The number of rotatable bonds is 3. The SMILES string of the molecule is CNCC1CCCc2sc(-c3cccc(Cl)c3F)nc21. The average molecular weight is 311 g/mol. The third-order valence-electron chi connectivity index (χ3n) is 3.70. The molecule has 106 valence electrons. The van der Waals surface area contributed by atoms with E-state index in [2.05, 4.69) is 5.32 Å². The minimum absolute atomic E-state index is 0.155. The van der Waals surface area contributed by atoms with E-state index in [1.165, 1.54) is 11.3 Å². The molecule has 20 heavy (non-hydrogen) atoms. The summed E-state index contributed by atoms with van der Waals surface area (Å²) < 4.78 is 14.1. The first-order valence-corrected chi connectivity index (χ1v) is 7.98. The van der Waals surface area contributed by atoms with Crippen molar-refractivity contribution in [1.82, 2.24) is 10.3 Å². The molecule has 1 aliphatic carbocycles. The number of hydrogen-bond donors (Lipinski definition) is 1. The Bertz CT molecular complexity index is 626. The van der Waals surface area contributed by atoms with Crippen molar-refractivity contribution < 1.29 is 4.39 Å². The summed E-state index contributed by atoms with van der Waals surface area (Å²) in [5.41, 5.74) is 1.66. The van der Waals surface area contributed by atoms with Crippen LogP contribution in [0.1, 0.15) is 29.3 Å². The van der Waals surface area contributed by atoms with Gasteiger partial charge in [0.15, 0.2) is 5.82 Å². The third kappa shape index (κ3) is 2.48. The molecule has 0 fully saturated rings. The van der Waals surface area contributed by atoms with Gasteiger partial charge in [-0.1, -0.05) is 17.7 Å². The molecule has 0 spiro atoms. The largest absolute Gasteiger partial charge is 0.319 e. The lowest BCUT2D eigenvalue weighted by molar-refractivity contribution is 0.523. The summed E-state index contributed by atoms with van der Waals surface area (Å²) in [4.78, 5) is 6.00. The van der Waals surface area contributed by atoms with Crippen molar-refractivity contribution in [3.8, 4) is 10.6 Å². The lowest BCUT2D eigenvalue weighted by atomic mass is 9.91. The summed E-state index contributed by atoms with van der Waals surface area (Å²) in [6, 6.07) is 5.09. The van der Waals surface area contributed by atoms with Gasteiger partial charge in [0, 0.05) is 22.9 Å². The molecule has 2 nitrogen and oxygen atoms in total. The maximum atomic E-state index is 14.1. The molecular weight excluding hydrogens is 295 g/mol. The Morgan fingerprint density at radius 3 is 3.15 bits per heavy atom. The number of aryl methyl sites for hydroxylation is 1. The lowest BCUT2D eigenvalue weighted by Crippen LogP contribution is -2.20. The number of thiazole rings is 1. The molecular formula is C15H16ClFN2S. The van der Waals surface area contributed by atoms with Gasteiger partial charge in [-0.25, -0.2) is 9.37 Å². The normalized spacial score (nSPS) is 18.1. The van der Waals surface area contributed by atoms with Crippen LogP contribution in [0, 0.1) is 5.82 Å². The zero-order valence-corrected chi connectivity index (χ0v) is 12.8. The number of hydrogen-bond acceptors (Lipinski definition) is 3. The fraction of sp³-hybridized carbons (Fsp3) is 0.400. The minimum atomic E-state index is -0.370. The summed E-state index contributed by atoms with van der Waals surface area (Å²) >= 11 is 7.46. The number of nitrogens with zero attached hydrogens (tertiary/aromatic N) is 1. The van der Waals surface area contributed by atoms with E-state index in [-0.39, 0.29) is 10.8 Å². The highest BCUT2D eigenvalue weighted by Gasteiger charge is 2.25. The molecule has 0 aliphatic heterocycles. The number of benzene rings is 1. The van der Waals surface area contributed by atoms with Crippen LogP contribution in [0.25, 0.3) is 10.6 Å². The zero-order chi connectivity index (χ0) is 14.1. The Kier molecular flexibility index (Phi) is 4.06. The maximum absolute atomic E-state index is 14.1. The Morgan fingerprint density at radius 2 is 2.35 bits per heavy atom. The first-order valence-electron chi connectivity index (χ1n) is 6.79. The molecule has 1 aliphatic rings. The van der Waals surface area contributed by atoms with Gasteiger partial charge in [-0.3, -0.25) is 0 Å². The van der Waals surface area contributed by atoms with Crippen LogP contribution < -0.4 is 5.32 Å².